The van der Waals surface area contributed by atoms with E-state index in [1.165, 1.54) is 6.07 Å². The van der Waals surface area contributed by atoms with Gasteiger partial charge in [0.2, 0.25) is 0 Å². The molecular formula is C25H28ClFN2O3. The molecular weight excluding hydrogens is 431 g/mol. The van der Waals surface area contributed by atoms with E-state index in [0.717, 1.165) is 43.6 Å². The highest BCUT2D eigenvalue weighted by Crippen LogP contribution is 2.45. The van der Waals surface area contributed by atoms with Gasteiger partial charge in [-0.1, -0.05) is 49.7 Å². The Morgan fingerprint density at radius 3 is 2.75 bits per heavy atom. The molecule has 3 fully saturated rings. The van der Waals surface area contributed by atoms with Crippen LogP contribution in [0.15, 0.2) is 36.4 Å². The zero-order valence-electron chi connectivity index (χ0n) is 18.4. The maximum atomic E-state index is 13.9. The molecule has 0 spiro atoms. The van der Waals surface area contributed by atoms with E-state index in [1.807, 2.05) is 18.2 Å². The number of alkyl carbamates (subject to hydrolysis) is 1. The minimum atomic E-state index is -0.459. The number of nitrogens with one attached hydrogen (secondary N) is 1. The number of hydrogen-bond acceptors (Lipinski definition) is 4. The van der Waals surface area contributed by atoms with Crippen LogP contribution in [0.1, 0.15) is 38.3 Å². The third-order valence-corrected chi connectivity index (χ3v) is 7.47. The number of rotatable bonds is 3. The number of halogens is 2. The molecule has 2 bridgehead atoms. The van der Waals surface area contributed by atoms with Gasteiger partial charge in [0.25, 0.3) is 0 Å². The predicted molar refractivity (Wildman–Crippen MR) is 121 cm³/mol. The van der Waals surface area contributed by atoms with Crippen molar-refractivity contribution >= 4 is 17.7 Å². The van der Waals surface area contributed by atoms with Crippen LogP contribution < -0.4 is 10.1 Å². The molecule has 32 heavy (non-hydrogen) atoms. The first kappa shape index (κ1) is 21.5. The van der Waals surface area contributed by atoms with Crippen molar-refractivity contribution in [2.24, 2.45) is 11.3 Å². The molecule has 0 aliphatic carbocycles. The largest absolute Gasteiger partial charge is 0.493 e. The number of carbonyl (C=O) groups is 1. The number of carbonyl (C=O) groups excluding carboxylic acids is 1. The van der Waals surface area contributed by atoms with E-state index in [4.69, 9.17) is 21.1 Å². The van der Waals surface area contributed by atoms with Gasteiger partial charge in [0.1, 0.15) is 17.7 Å². The molecule has 6 rings (SSSR count). The summed E-state index contributed by atoms with van der Waals surface area (Å²) in [7, 11) is 0. The normalized spacial score (nSPS) is 27.9. The number of ether oxygens (including phenoxy) is 2. The Balaban J connectivity index is 1.37. The summed E-state index contributed by atoms with van der Waals surface area (Å²) in [4.78, 5) is 15.2. The van der Waals surface area contributed by atoms with Gasteiger partial charge in [0.05, 0.1) is 17.7 Å². The average molecular weight is 459 g/mol. The van der Waals surface area contributed by atoms with Crippen LogP contribution in [0.4, 0.5) is 9.18 Å². The first-order valence-corrected chi connectivity index (χ1v) is 11.6. The molecule has 2 aromatic rings. The lowest BCUT2D eigenvalue weighted by Crippen LogP contribution is -2.53. The summed E-state index contributed by atoms with van der Waals surface area (Å²) in [5.74, 6) is 0.661. The van der Waals surface area contributed by atoms with Crippen LogP contribution in [0.3, 0.4) is 0 Å². The van der Waals surface area contributed by atoms with Gasteiger partial charge in [0.15, 0.2) is 0 Å². The molecule has 7 heteroatoms. The average Bonchev–Trinajstić information content (AvgIpc) is 2.78. The fourth-order valence-corrected chi connectivity index (χ4v) is 5.40. The number of benzene rings is 2. The van der Waals surface area contributed by atoms with Crippen LogP contribution in [0.25, 0.3) is 11.1 Å². The fourth-order valence-electron chi connectivity index (χ4n) is 5.17. The van der Waals surface area contributed by atoms with Crippen LogP contribution >= 0.6 is 11.6 Å². The van der Waals surface area contributed by atoms with E-state index in [9.17, 15) is 9.18 Å². The summed E-state index contributed by atoms with van der Waals surface area (Å²) in [6.07, 6.45) is 1.76. The Hall–Kier alpha value is -2.31. The monoisotopic (exact) mass is 458 g/mol. The second-order valence-electron chi connectivity index (χ2n) is 9.79. The van der Waals surface area contributed by atoms with E-state index in [1.54, 1.807) is 12.1 Å². The standard InChI is InChI=1S/C25H28ClFN2O3/c1-25(2)14-31-20-12-16(17-4-3-5-19(27)22(17)26)6-7-18(20)23(25)28-24(30)32-21-13-29-10-8-15(21)9-11-29/h3-7,12,15,21,23H,8-11,13-14H2,1-2H3,(H,28,30)/t21-,23?/m1/s1. The lowest BCUT2D eigenvalue weighted by molar-refractivity contribution is -0.0361. The Labute approximate surface area is 192 Å². The highest BCUT2D eigenvalue weighted by molar-refractivity contribution is 6.33. The van der Waals surface area contributed by atoms with Gasteiger partial charge in [-0.25, -0.2) is 9.18 Å². The van der Waals surface area contributed by atoms with E-state index in [-0.39, 0.29) is 28.7 Å². The van der Waals surface area contributed by atoms with Gasteiger partial charge in [0, 0.05) is 23.1 Å². The quantitative estimate of drug-likeness (QED) is 0.666. The van der Waals surface area contributed by atoms with Crippen molar-refractivity contribution in [1.29, 1.82) is 0 Å². The van der Waals surface area contributed by atoms with Crippen molar-refractivity contribution in [3.63, 3.8) is 0 Å². The minimum absolute atomic E-state index is 0.0441. The highest BCUT2D eigenvalue weighted by atomic mass is 35.5. The topological polar surface area (TPSA) is 50.8 Å². The number of nitrogens with zero attached hydrogens (tertiary/aromatic N) is 1. The Morgan fingerprint density at radius 2 is 2.03 bits per heavy atom. The van der Waals surface area contributed by atoms with E-state index < -0.39 is 5.82 Å². The van der Waals surface area contributed by atoms with E-state index >= 15 is 0 Å². The first-order valence-electron chi connectivity index (χ1n) is 11.2. The molecule has 0 aromatic heterocycles. The highest BCUT2D eigenvalue weighted by Gasteiger charge is 2.41. The number of amides is 1. The van der Waals surface area contributed by atoms with Crippen LogP contribution in [0, 0.1) is 17.2 Å². The van der Waals surface area contributed by atoms with Crippen molar-refractivity contribution in [2.75, 3.05) is 26.2 Å². The molecule has 0 saturated carbocycles. The molecule has 3 saturated heterocycles. The predicted octanol–water partition coefficient (Wildman–Crippen LogP) is 5.43. The summed E-state index contributed by atoms with van der Waals surface area (Å²) >= 11 is 6.18. The second kappa shape index (κ2) is 8.23. The molecule has 1 N–H and O–H groups in total. The smallest absolute Gasteiger partial charge is 0.407 e. The van der Waals surface area contributed by atoms with Gasteiger partial charge in [-0.15, -0.1) is 0 Å². The molecule has 4 aliphatic heterocycles. The van der Waals surface area contributed by atoms with Crippen molar-refractivity contribution in [3.8, 4) is 16.9 Å². The molecule has 0 radical (unpaired) electrons. The summed E-state index contributed by atoms with van der Waals surface area (Å²) in [5.41, 5.74) is 1.93. The van der Waals surface area contributed by atoms with Crippen molar-refractivity contribution in [2.45, 2.75) is 38.8 Å². The molecule has 170 valence electrons. The SMILES string of the molecule is CC1(C)COc2cc(-c3cccc(F)c3Cl)ccc2C1NC(=O)O[C@@H]1CN2CCC1CC2. The van der Waals surface area contributed by atoms with Crippen molar-refractivity contribution in [3.05, 3.63) is 52.8 Å². The molecule has 4 heterocycles. The lowest BCUT2D eigenvalue weighted by Gasteiger charge is -2.44. The van der Waals surface area contributed by atoms with Crippen LogP contribution in [0.5, 0.6) is 5.75 Å². The summed E-state index contributed by atoms with van der Waals surface area (Å²) in [6, 6.07) is 10.2. The third kappa shape index (κ3) is 3.95. The van der Waals surface area contributed by atoms with Crippen molar-refractivity contribution < 1.29 is 18.7 Å². The molecule has 2 aromatic carbocycles. The van der Waals surface area contributed by atoms with Crippen LogP contribution in [-0.4, -0.2) is 43.3 Å². The van der Waals surface area contributed by atoms with Crippen LogP contribution in [-0.2, 0) is 4.74 Å². The Bertz CT molecular complexity index is 1040. The van der Waals surface area contributed by atoms with E-state index in [2.05, 4.69) is 24.1 Å². The van der Waals surface area contributed by atoms with Gasteiger partial charge >= 0.3 is 6.09 Å². The zero-order chi connectivity index (χ0) is 22.5. The minimum Gasteiger partial charge on any atom is -0.493 e. The maximum absolute atomic E-state index is 13.9. The Kier molecular flexibility index (Phi) is 5.54. The van der Waals surface area contributed by atoms with Gasteiger partial charge in [-0.05, 0) is 49.5 Å². The summed E-state index contributed by atoms with van der Waals surface area (Å²) in [5, 5.41) is 3.19. The van der Waals surface area contributed by atoms with E-state index in [0.29, 0.717) is 23.8 Å². The van der Waals surface area contributed by atoms with Crippen molar-refractivity contribution in [1.82, 2.24) is 10.2 Å². The van der Waals surface area contributed by atoms with Gasteiger partial charge < -0.3 is 14.8 Å². The molecule has 1 unspecified atom stereocenters. The number of piperidine rings is 3. The number of hydrogen-bond donors (Lipinski definition) is 1. The third-order valence-electron chi connectivity index (χ3n) is 7.09. The van der Waals surface area contributed by atoms with Gasteiger partial charge in [-0.3, -0.25) is 4.90 Å². The summed E-state index contributed by atoms with van der Waals surface area (Å²) in [6.45, 7) is 7.59. The second-order valence-corrected chi connectivity index (χ2v) is 10.2. The maximum Gasteiger partial charge on any atom is 0.407 e. The molecule has 4 aliphatic rings. The number of fused-ring (bicyclic) bond motifs is 4. The fraction of sp³-hybridized carbons (Fsp3) is 0.480. The molecule has 2 atom stereocenters. The zero-order valence-corrected chi connectivity index (χ0v) is 19.1. The summed E-state index contributed by atoms with van der Waals surface area (Å²) < 4.78 is 25.8. The lowest BCUT2D eigenvalue weighted by atomic mass is 9.78. The Morgan fingerprint density at radius 1 is 1.25 bits per heavy atom. The van der Waals surface area contributed by atoms with Gasteiger partial charge in [-0.2, -0.15) is 0 Å². The molecule has 1 amide bonds. The molecule has 5 nitrogen and oxygen atoms in total. The first-order chi connectivity index (χ1) is 15.3. The van der Waals surface area contributed by atoms with Crippen LogP contribution in [0.2, 0.25) is 5.02 Å².